The molecule has 0 bridgehead atoms. The highest BCUT2D eigenvalue weighted by atomic mass is 16.1. The Balaban J connectivity index is 1.37. The van der Waals surface area contributed by atoms with Crippen molar-refractivity contribution in [1.29, 1.82) is 0 Å². The SMILES string of the molecule is C[C@@H](NC1CCCC(c2ccc(C(=O)NCCN(C)C)cc2)C1)c1cccc2ccccc12. The normalized spacial score (nSPS) is 19.5. The molecule has 0 radical (unpaired) electrons. The van der Waals surface area contributed by atoms with Gasteiger partial charge in [-0.2, -0.15) is 0 Å². The molecule has 1 saturated carbocycles. The van der Waals surface area contributed by atoms with E-state index in [-0.39, 0.29) is 5.91 Å². The van der Waals surface area contributed by atoms with Gasteiger partial charge in [-0.25, -0.2) is 0 Å². The first-order chi connectivity index (χ1) is 16.0. The van der Waals surface area contributed by atoms with Crippen LogP contribution in [0.5, 0.6) is 0 Å². The lowest BCUT2D eigenvalue weighted by Gasteiger charge is -2.32. The molecule has 1 aliphatic carbocycles. The summed E-state index contributed by atoms with van der Waals surface area (Å²) in [5, 5.41) is 9.56. The van der Waals surface area contributed by atoms with Crippen LogP contribution in [0.1, 0.15) is 66.1 Å². The molecule has 0 spiro atoms. The van der Waals surface area contributed by atoms with Crippen LogP contribution >= 0.6 is 0 Å². The third-order valence-electron chi connectivity index (χ3n) is 6.94. The van der Waals surface area contributed by atoms with E-state index < -0.39 is 0 Å². The Labute approximate surface area is 198 Å². The fourth-order valence-electron chi connectivity index (χ4n) is 5.12. The minimum absolute atomic E-state index is 0.00972. The fourth-order valence-corrected chi connectivity index (χ4v) is 5.12. The van der Waals surface area contributed by atoms with Gasteiger partial charge in [0, 0.05) is 30.7 Å². The number of fused-ring (bicyclic) bond motifs is 1. The van der Waals surface area contributed by atoms with Gasteiger partial charge in [0.2, 0.25) is 0 Å². The molecule has 0 heterocycles. The average molecular weight is 444 g/mol. The summed E-state index contributed by atoms with van der Waals surface area (Å²) in [6, 6.07) is 24.3. The van der Waals surface area contributed by atoms with Crippen LogP contribution < -0.4 is 10.6 Å². The van der Waals surface area contributed by atoms with E-state index in [9.17, 15) is 4.79 Å². The van der Waals surface area contributed by atoms with Gasteiger partial charge in [-0.1, -0.05) is 61.0 Å². The third-order valence-corrected chi connectivity index (χ3v) is 6.94. The molecule has 3 atom stereocenters. The average Bonchev–Trinajstić information content (AvgIpc) is 2.83. The Morgan fingerprint density at radius 2 is 1.76 bits per heavy atom. The van der Waals surface area contributed by atoms with Gasteiger partial charge in [0.1, 0.15) is 0 Å². The van der Waals surface area contributed by atoms with Crippen molar-refractivity contribution < 1.29 is 4.79 Å². The number of nitrogens with zero attached hydrogens (tertiary/aromatic N) is 1. The number of benzene rings is 3. The Hall–Kier alpha value is -2.69. The lowest BCUT2D eigenvalue weighted by atomic mass is 9.80. The van der Waals surface area contributed by atoms with Crippen molar-refractivity contribution in [2.45, 2.75) is 50.6 Å². The molecule has 1 aliphatic rings. The molecular weight excluding hydrogens is 406 g/mol. The first kappa shape index (κ1) is 23.5. The van der Waals surface area contributed by atoms with Crippen LogP contribution in [0.2, 0.25) is 0 Å². The lowest BCUT2D eigenvalue weighted by molar-refractivity contribution is 0.0951. The highest BCUT2D eigenvalue weighted by Crippen LogP contribution is 2.34. The van der Waals surface area contributed by atoms with E-state index in [4.69, 9.17) is 0 Å². The van der Waals surface area contributed by atoms with Gasteiger partial charge in [-0.3, -0.25) is 4.79 Å². The van der Waals surface area contributed by atoms with E-state index in [1.165, 1.54) is 41.2 Å². The highest BCUT2D eigenvalue weighted by Gasteiger charge is 2.25. The summed E-state index contributed by atoms with van der Waals surface area (Å²) >= 11 is 0. The second-order valence-corrected chi connectivity index (χ2v) is 9.70. The smallest absolute Gasteiger partial charge is 0.251 e. The standard InChI is InChI=1S/C29H37N3O/c1-21(27-13-7-9-23-8-4-5-12-28(23)27)31-26-11-6-10-25(20-26)22-14-16-24(17-15-22)29(33)30-18-19-32(2)3/h4-5,7-9,12-17,21,25-26,31H,6,10-11,18-20H2,1-3H3,(H,30,33)/t21-,25?,26?/m1/s1. The zero-order valence-corrected chi connectivity index (χ0v) is 20.2. The van der Waals surface area contributed by atoms with Gasteiger partial charge < -0.3 is 15.5 Å². The van der Waals surface area contributed by atoms with E-state index in [0.29, 0.717) is 24.5 Å². The molecule has 4 rings (SSSR count). The van der Waals surface area contributed by atoms with E-state index in [2.05, 4.69) is 77.1 Å². The monoisotopic (exact) mass is 443 g/mol. The van der Waals surface area contributed by atoms with E-state index >= 15 is 0 Å². The Bertz CT molecular complexity index is 1050. The fraction of sp³-hybridized carbons (Fsp3) is 0.414. The zero-order chi connectivity index (χ0) is 23.2. The number of amides is 1. The van der Waals surface area contributed by atoms with E-state index in [0.717, 1.165) is 18.5 Å². The van der Waals surface area contributed by atoms with Crippen LogP contribution in [-0.4, -0.2) is 44.0 Å². The molecule has 0 aliphatic heterocycles. The van der Waals surface area contributed by atoms with Crippen LogP contribution in [0.15, 0.2) is 66.7 Å². The van der Waals surface area contributed by atoms with Crippen LogP contribution in [-0.2, 0) is 0 Å². The molecule has 0 aromatic heterocycles. The van der Waals surface area contributed by atoms with Crippen molar-refractivity contribution in [1.82, 2.24) is 15.5 Å². The molecule has 2 unspecified atom stereocenters. The molecule has 1 amide bonds. The van der Waals surface area contributed by atoms with Crippen LogP contribution in [0.4, 0.5) is 0 Å². The highest BCUT2D eigenvalue weighted by molar-refractivity contribution is 5.94. The third kappa shape index (κ3) is 6.01. The Kier molecular flexibility index (Phi) is 7.79. The number of hydrogen-bond acceptors (Lipinski definition) is 3. The van der Waals surface area contributed by atoms with E-state index in [1.54, 1.807) is 0 Å². The summed E-state index contributed by atoms with van der Waals surface area (Å²) < 4.78 is 0. The van der Waals surface area contributed by atoms with Gasteiger partial charge in [-0.05, 0) is 80.2 Å². The lowest BCUT2D eigenvalue weighted by Crippen LogP contribution is -2.35. The van der Waals surface area contributed by atoms with Crippen LogP contribution in [0.25, 0.3) is 10.8 Å². The van der Waals surface area contributed by atoms with Crippen molar-refractivity contribution >= 4 is 16.7 Å². The predicted molar refractivity (Wildman–Crippen MR) is 138 cm³/mol. The Morgan fingerprint density at radius 3 is 2.55 bits per heavy atom. The molecule has 4 heteroatoms. The van der Waals surface area contributed by atoms with Crippen molar-refractivity contribution in [3.8, 4) is 0 Å². The molecule has 1 fully saturated rings. The van der Waals surface area contributed by atoms with Gasteiger partial charge in [0.25, 0.3) is 5.91 Å². The van der Waals surface area contributed by atoms with Gasteiger partial charge in [0.15, 0.2) is 0 Å². The Morgan fingerprint density at radius 1 is 1.00 bits per heavy atom. The molecule has 174 valence electrons. The first-order valence-corrected chi connectivity index (χ1v) is 12.3. The maximum absolute atomic E-state index is 12.4. The molecule has 4 nitrogen and oxygen atoms in total. The van der Waals surface area contributed by atoms with Crippen molar-refractivity contribution in [3.05, 3.63) is 83.4 Å². The van der Waals surface area contributed by atoms with Crippen LogP contribution in [0, 0.1) is 0 Å². The second kappa shape index (κ2) is 11.0. The maximum atomic E-state index is 12.4. The van der Waals surface area contributed by atoms with E-state index in [1.807, 2.05) is 26.2 Å². The van der Waals surface area contributed by atoms with Gasteiger partial charge >= 0.3 is 0 Å². The number of hydrogen-bond donors (Lipinski definition) is 2. The maximum Gasteiger partial charge on any atom is 0.251 e. The number of rotatable bonds is 8. The molecule has 0 saturated heterocycles. The number of carbonyl (C=O) groups excluding carboxylic acids is 1. The quantitative estimate of drug-likeness (QED) is 0.483. The van der Waals surface area contributed by atoms with Gasteiger partial charge in [-0.15, -0.1) is 0 Å². The van der Waals surface area contributed by atoms with Crippen molar-refractivity contribution in [2.75, 3.05) is 27.2 Å². The zero-order valence-electron chi connectivity index (χ0n) is 20.2. The molecule has 3 aromatic carbocycles. The molecule has 33 heavy (non-hydrogen) atoms. The predicted octanol–water partition coefficient (Wildman–Crippen LogP) is 5.51. The van der Waals surface area contributed by atoms with Gasteiger partial charge in [0.05, 0.1) is 0 Å². The second-order valence-electron chi connectivity index (χ2n) is 9.70. The topological polar surface area (TPSA) is 44.4 Å². The first-order valence-electron chi connectivity index (χ1n) is 12.3. The summed E-state index contributed by atoms with van der Waals surface area (Å²) in [6.45, 7) is 3.80. The molecule has 2 N–H and O–H groups in total. The summed E-state index contributed by atoms with van der Waals surface area (Å²) in [4.78, 5) is 14.4. The number of likely N-dealkylation sites (N-methyl/N-ethyl adjacent to an activating group) is 1. The largest absolute Gasteiger partial charge is 0.351 e. The summed E-state index contributed by atoms with van der Waals surface area (Å²) in [6.07, 6.45) is 4.81. The minimum atomic E-state index is 0.00972. The molecule has 3 aromatic rings. The number of nitrogens with one attached hydrogen (secondary N) is 2. The van der Waals surface area contributed by atoms with Crippen molar-refractivity contribution in [2.24, 2.45) is 0 Å². The summed E-state index contributed by atoms with van der Waals surface area (Å²) in [7, 11) is 4.02. The molecular formula is C29H37N3O. The van der Waals surface area contributed by atoms with Crippen LogP contribution in [0.3, 0.4) is 0 Å². The number of carbonyl (C=O) groups is 1. The minimum Gasteiger partial charge on any atom is -0.351 e. The van der Waals surface area contributed by atoms with Crippen molar-refractivity contribution in [3.63, 3.8) is 0 Å². The summed E-state index contributed by atoms with van der Waals surface area (Å²) in [5.41, 5.74) is 3.47. The summed E-state index contributed by atoms with van der Waals surface area (Å²) in [5.74, 6) is 0.553.